The molecule has 2 amide bonds. The highest BCUT2D eigenvalue weighted by molar-refractivity contribution is 5.94. The van der Waals surface area contributed by atoms with E-state index < -0.39 is 0 Å². The third-order valence-corrected chi connectivity index (χ3v) is 7.25. The lowest BCUT2D eigenvalue weighted by atomic mass is 9.49. The monoisotopic (exact) mass is 419 g/mol. The summed E-state index contributed by atoms with van der Waals surface area (Å²) < 4.78 is 0. The molecule has 4 bridgehead atoms. The van der Waals surface area contributed by atoms with Crippen LogP contribution in [-0.4, -0.2) is 31.4 Å². The minimum absolute atomic E-state index is 0. The molecule has 3 N–H and O–H groups in total. The molecule has 4 fully saturated rings. The number of amides is 2. The smallest absolute Gasteiger partial charge is 0.251 e. The van der Waals surface area contributed by atoms with E-state index in [-0.39, 0.29) is 35.7 Å². The Balaban J connectivity index is 0.00000240. The van der Waals surface area contributed by atoms with Crippen molar-refractivity contribution in [2.75, 3.05) is 13.6 Å². The lowest BCUT2D eigenvalue weighted by Crippen LogP contribution is -2.53. The maximum atomic E-state index is 13.0. The van der Waals surface area contributed by atoms with Gasteiger partial charge in [-0.1, -0.05) is 12.1 Å². The van der Waals surface area contributed by atoms with Gasteiger partial charge >= 0.3 is 0 Å². The number of nitrogens with one attached hydrogen (secondary N) is 3. The Bertz CT molecular complexity index is 699. The van der Waals surface area contributed by atoms with Crippen LogP contribution in [0.2, 0.25) is 0 Å². The lowest BCUT2D eigenvalue weighted by Gasteiger charge is -2.55. The van der Waals surface area contributed by atoms with Crippen LogP contribution < -0.4 is 16.0 Å². The summed E-state index contributed by atoms with van der Waals surface area (Å²) >= 11 is 0. The van der Waals surface area contributed by atoms with Gasteiger partial charge in [-0.25, -0.2) is 0 Å². The summed E-state index contributed by atoms with van der Waals surface area (Å²) in [7, 11) is 1.88. The molecule has 5 nitrogen and oxygen atoms in total. The number of halogens is 1. The zero-order valence-corrected chi connectivity index (χ0v) is 18.3. The zero-order chi connectivity index (χ0) is 19.7. The fourth-order valence-corrected chi connectivity index (χ4v) is 5.98. The molecule has 1 aromatic carbocycles. The van der Waals surface area contributed by atoms with Gasteiger partial charge in [-0.3, -0.25) is 9.59 Å². The fraction of sp³-hybridized carbons (Fsp3) is 0.652. The molecule has 1 atom stereocenters. The molecule has 0 spiro atoms. The second-order valence-electron chi connectivity index (χ2n) is 9.48. The van der Waals surface area contributed by atoms with Gasteiger partial charge in [0.25, 0.3) is 5.91 Å². The minimum atomic E-state index is -0.0986. The Morgan fingerprint density at radius 2 is 1.55 bits per heavy atom. The van der Waals surface area contributed by atoms with Crippen LogP contribution in [0, 0.1) is 23.2 Å². The molecule has 160 valence electrons. The van der Waals surface area contributed by atoms with Crippen LogP contribution >= 0.6 is 12.4 Å². The Morgan fingerprint density at radius 3 is 2.07 bits per heavy atom. The quantitative estimate of drug-likeness (QED) is 0.635. The van der Waals surface area contributed by atoms with E-state index in [0.29, 0.717) is 18.7 Å². The number of hydrogen-bond donors (Lipinski definition) is 3. The Kier molecular flexibility index (Phi) is 6.90. The van der Waals surface area contributed by atoms with Crippen LogP contribution in [-0.2, 0) is 11.3 Å². The molecule has 4 saturated carbocycles. The first-order valence-corrected chi connectivity index (χ1v) is 10.8. The first-order valence-electron chi connectivity index (χ1n) is 10.8. The molecule has 4 aliphatic carbocycles. The van der Waals surface area contributed by atoms with E-state index >= 15 is 0 Å². The van der Waals surface area contributed by atoms with Gasteiger partial charge in [0.05, 0.1) is 0 Å². The van der Waals surface area contributed by atoms with Crippen molar-refractivity contribution < 1.29 is 9.59 Å². The predicted molar refractivity (Wildman–Crippen MR) is 117 cm³/mol. The minimum Gasteiger partial charge on any atom is -0.352 e. The van der Waals surface area contributed by atoms with E-state index in [9.17, 15) is 9.59 Å². The van der Waals surface area contributed by atoms with Gasteiger partial charge in [-0.05, 0) is 87.9 Å². The van der Waals surface area contributed by atoms with Crippen molar-refractivity contribution in [1.29, 1.82) is 0 Å². The predicted octanol–water partition coefficient (Wildman–Crippen LogP) is 3.28. The summed E-state index contributed by atoms with van der Waals surface area (Å²) in [5.74, 6) is 2.53. The first kappa shape index (κ1) is 22.1. The normalized spacial score (nSPS) is 30.3. The molecule has 0 saturated heterocycles. The van der Waals surface area contributed by atoms with Crippen molar-refractivity contribution in [3.63, 3.8) is 0 Å². The van der Waals surface area contributed by atoms with Crippen LogP contribution in [0.15, 0.2) is 24.3 Å². The molecule has 0 aliphatic heterocycles. The molecule has 0 radical (unpaired) electrons. The van der Waals surface area contributed by atoms with Crippen LogP contribution in [0.3, 0.4) is 0 Å². The highest BCUT2D eigenvalue weighted by Crippen LogP contribution is 2.60. The van der Waals surface area contributed by atoms with Crippen molar-refractivity contribution in [3.05, 3.63) is 35.4 Å². The Morgan fingerprint density at radius 1 is 1.00 bits per heavy atom. The van der Waals surface area contributed by atoms with E-state index in [1.54, 1.807) is 0 Å². The summed E-state index contributed by atoms with van der Waals surface area (Å²) in [5.41, 5.74) is 1.59. The number of carbonyl (C=O) groups is 2. The average molecular weight is 420 g/mol. The number of likely N-dealkylation sites (N-methyl/N-ethyl adjacent to an activating group) is 1. The molecule has 1 unspecified atom stereocenters. The van der Waals surface area contributed by atoms with Crippen molar-refractivity contribution >= 4 is 24.2 Å². The Labute approximate surface area is 180 Å². The molecule has 29 heavy (non-hydrogen) atoms. The number of carbonyl (C=O) groups excluding carboxylic acids is 2. The molecule has 5 rings (SSSR count). The van der Waals surface area contributed by atoms with E-state index in [1.807, 2.05) is 38.2 Å². The summed E-state index contributed by atoms with van der Waals surface area (Å²) in [4.78, 5) is 25.2. The topological polar surface area (TPSA) is 70.2 Å². The maximum Gasteiger partial charge on any atom is 0.251 e. The van der Waals surface area contributed by atoms with Crippen LogP contribution in [0.25, 0.3) is 0 Å². The van der Waals surface area contributed by atoms with Crippen molar-refractivity contribution in [3.8, 4) is 0 Å². The van der Waals surface area contributed by atoms with E-state index in [0.717, 1.165) is 42.6 Å². The van der Waals surface area contributed by atoms with Gasteiger partial charge < -0.3 is 16.0 Å². The SMILES string of the molecule is CNC(C)CNC(=O)c1ccc(CNC(=O)C23CC4CC(CC(C4)C2)C3)cc1.Cl. The third kappa shape index (κ3) is 4.77. The summed E-state index contributed by atoms with van der Waals surface area (Å²) in [6.45, 7) is 3.16. The first-order chi connectivity index (χ1) is 13.5. The molecule has 1 aromatic rings. The van der Waals surface area contributed by atoms with Gasteiger partial charge in [0.2, 0.25) is 5.91 Å². The average Bonchev–Trinajstić information content (AvgIpc) is 2.69. The summed E-state index contributed by atoms with van der Waals surface area (Å²) in [6, 6.07) is 7.80. The highest BCUT2D eigenvalue weighted by atomic mass is 35.5. The van der Waals surface area contributed by atoms with Gasteiger partial charge in [0, 0.05) is 30.1 Å². The van der Waals surface area contributed by atoms with Crippen LogP contribution in [0.5, 0.6) is 0 Å². The Hall–Kier alpha value is -1.59. The number of hydrogen-bond acceptors (Lipinski definition) is 3. The molecule has 4 aliphatic rings. The van der Waals surface area contributed by atoms with E-state index in [4.69, 9.17) is 0 Å². The standard InChI is InChI=1S/C23H33N3O2.ClH/c1-15(24-2)13-25-21(27)20-5-3-16(4-6-20)14-26-22(28)23-10-17-7-18(11-23)9-19(8-17)12-23;/h3-6,15,17-19,24H,7-14H2,1-2H3,(H,25,27)(H,26,28);1H. The largest absolute Gasteiger partial charge is 0.352 e. The third-order valence-electron chi connectivity index (χ3n) is 7.25. The number of benzene rings is 1. The zero-order valence-electron chi connectivity index (χ0n) is 17.5. The van der Waals surface area contributed by atoms with Crippen molar-refractivity contribution in [1.82, 2.24) is 16.0 Å². The molecular weight excluding hydrogens is 386 g/mol. The fourth-order valence-electron chi connectivity index (χ4n) is 5.98. The number of rotatable bonds is 7. The van der Waals surface area contributed by atoms with Crippen LogP contribution in [0.4, 0.5) is 0 Å². The van der Waals surface area contributed by atoms with E-state index in [1.165, 1.54) is 19.3 Å². The molecule has 0 aromatic heterocycles. The summed E-state index contributed by atoms with van der Waals surface area (Å²) in [6.07, 6.45) is 7.33. The second-order valence-corrected chi connectivity index (χ2v) is 9.48. The molecular formula is C23H34ClN3O2. The summed E-state index contributed by atoms with van der Waals surface area (Å²) in [5, 5.41) is 9.23. The van der Waals surface area contributed by atoms with Gasteiger partial charge in [0.1, 0.15) is 0 Å². The lowest BCUT2D eigenvalue weighted by molar-refractivity contribution is -0.146. The molecule has 6 heteroatoms. The molecule has 0 heterocycles. The van der Waals surface area contributed by atoms with E-state index in [2.05, 4.69) is 16.0 Å². The van der Waals surface area contributed by atoms with Gasteiger partial charge in [-0.15, -0.1) is 12.4 Å². The highest BCUT2D eigenvalue weighted by Gasteiger charge is 2.54. The second kappa shape index (κ2) is 9.05. The van der Waals surface area contributed by atoms with Crippen molar-refractivity contribution in [2.24, 2.45) is 23.2 Å². The van der Waals surface area contributed by atoms with Gasteiger partial charge in [-0.2, -0.15) is 0 Å². The van der Waals surface area contributed by atoms with Crippen molar-refractivity contribution in [2.45, 2.75) is 58.0 Å². The van der Waals surface area contributed by atoms with Crippen LogP contribution in [0.1, 0.15) is 61.4 Å². The van der Waals surface area contributed by atoms with Gasteiger partial charge in [0.15, 0.2) is 0 Å². The maximum absolute atomic E-state index is 13.0.